The quantitative estimate of drug-likeness (QED) is 0.485. The lowest BCUT2D eigenvalue weighted by Crippen LogP contribution is -2.45. The van der Waals surface area contributed by atoms with Crippen molar-refractivity contribution in [3.63, 3.8) is 0 Å². The molecule has 3 aromatic heterocycles. The van der Waals surface area contributed by atoms with Crippen LogP contribution in [0.15, 0.2) is 24.5 Å². The molecule has 4 heterocycles. The second-order valence-corrected chi connectivity index (χ2v) is 7.74. The van der Waals surface area contributed by atoms with Crippen LogP contribution in [0.2, 0.25) is 0 Å². The molecule has 12 heteroatoms. The normalized spacial score (nSPS) is 18.2. The van der Waals surface area contributed by atoms with Gasteiger partial charge >= 0.3 is 6.18 Å². The molecule has 0 saturated heterocycles. The van der Waals surface area contributed by atoms with E-state index in [-0.39, 0.29) is 11.4 Å². The van der Waals surface area contributed by atoms with Crippen LogP contribution >= 0.6 is 0 Å². The number of alkyl halides is 3. The van der Waals surface area contributed by atoms with Crippen LogP contribution in [0.25, 0.3) is 16.9 Å². The number of aryl methyl sites for hydroxylation is 3. The van der Waals surface area contributed by atoms with Crippen LogP contribution in [-0.4, -0.2) is 41.8 Å². The minimum Gasteiger partial charge on any atom is -0.605 e. The topological polar surface area (TPSA) is 107 Å². The van der Waals surface area contributed by atoms with E-state index in [2.05, 4.69) is 20.5 Å². The first kappa shape index (κ1) is 21.0. The van der Waals surface area contributed by atoms with E-state index < -0.39 is 30.6 Å². The number of rotatable bonds is 4. The lowest BCUT2D eigenvalue weighted by atomic mass is 10.1. The van der Waals surface area contributed by atoms with Gasteiger partial charge in [0.2, 0.25) is 5.62 Å². The third kappa shape index (κ3) is 4.16. The maximum atomic E-state index is 13.1. The van der Waals surface area contributed by atoms with E-state index in [0.29, 0.717) is 16.9 Å². The highest BCUT2D eigenvalue weighted by atomic mass is 19.4. The van der Waals surface area contributed by atoms with Crippen LogP contribution in [0.4, 0.5) is 19.0 Å². The number of fused-ring (bicyclic) bond motifs is 1. The summed E-state index contributed by atoms with van der Waals surface area (Å²) in [5.41, 5.74) is 5.87. The van der Waals surface area contributed by atoms with Crippen LogP contribution in [0.3, 0.4) is 0 Å². The summed E-state index contributed by atoms with van der Waals surface area (Å²) < 4.78 is 39.7. The second-order valence-electron chi connectivity index (χ2n) is 7.74. The Hall–Kier alpha value is -3.25. The molecule has 1 atom stereocenters. The first-order valence-corrected chi connectivity index (χ1v) is 9.54. The molecule has 164 valence electrons. The average Bonchev–Trinajstić information content (AvgIpc) is 3.22. The van der Waals surface area contributed by atoms with Crippen LogP contribution < -0.4 is 11.0 Å². The Balaban J connectivity index is 1.91. The van der Waals surface area contributed by atoms with Gasteiger partial charge in [0, 0.05) is 17.6 Å². The van der Waals surface area contributed by atoms with Gasteiger partial charge in [-0.05, 0) is 44.0 Å². The summed E-state index contributed by atoms with van der Waals surface area (Å²) in [5, 5.41) is 25.7. The Labute approximate surface area is 175 Å². The minimum absolute atomic E-state index is 0.227. The number of hydrogen-bond acceptors (Lipinski definition) is 6. The predicted molar refractivity (Wildman–Crippen MR) is 105 cm³/mol. The molecule has 31 heavy (non-hydrogen) atoms. The molecule has 0 saturated carbocycles. The lowest BCUT2D eigenvalue weighted by molar-refractivity contribution is -0.875. The summed E-state index contributed by atoms with van der Waals surface area (Å²) in [6.45, 7) is 4.36. The van der Waals surface area contributed by atoms with Crippen molar-refractivity contribution in [2.75, 3.05) is 12.0 Å². The van der Waals surface area contributed by atoms with Crippen molar-refractivity contribution in [2.24, 2.45) is 0 Å². The number of hydrogen-bond donors (Lipinski definition) is 2. The number of quaternary nitrogens is 1. The molecule has 0 aromatic carbocycles. The minimum atomic E-state index is -4.46. The Bertz CT molecular complexity index is 1200. The summed E-state index contributed by atoms with van der Waals surface area (Å²) in [4.78, 5) is 8.70. The van der Waals surface area contributed by atoms with E-state index in [4.69, 9.17) is 5.41 Å². The fraction of sp³-hybridized carbons (Fsp3) is 0.368. The smallest absolute Gasteiger partial charge is 0.394 e. The number of nitrogens with one attached hydrogen (secondary N) is 2. The monoisotopic (exact) mass is 434 g/mol. The maximum absolute atomic E-state index is 13.1. The van der Waals surface area contributed by atoms with Crippen LogP contribution in [-0.2, 0) is 6.67 Å². The zero-order chi connectivity index (χ0) is 22.6. The van der Waals surface area contributed by atoms with Crippen molar-refractivity contribution in [3.05, 3.63) is 52.3 Å². The van der Waals surface area contributed by atoms with Crippen molar-refractivity contribution in [3.8, 4) is 16.9 Å². The van der Waals surface area contributed by atoms with Gasteiger partial charge in [0.05, 0.1) is 18.2 Å². The maximum Gasteiger partial charge on any atom is 0.394 e. The summed E-state index contributed by atoms with van der Waals surface area (Å²) in [7, 11) is 0. The average molecular weight is 434 g/mol. The summed E-state index contributed by atoms with van der Waals surface area (Å²) in [5.74, 6) is 0.524. The van der Waals surface area contributed by atoms with Gasteiger partial charge in [0.15, 0.2) is 18.3 Å². The molecule has 4 rings (SSSR count). The second kappa shape index (κ2) is 7.17. The summed E-state index contributed by atoms with van der Waals surface area (Å²) in [6.07, 6.45) is -2.35. The summed E-state index contributed by atoms with van der Waals surface area (Å²) >= 11 is 0. The van der Waals surface area contributed by atoms with Gasteiger partial charge in [0.25, 0.3) is 0 Å². The van der Waals surface area contributed by atoms with E-state index in [1.807, 2.05) is 20.8 Å². The van der Waals surface area contributed by atoms with E-state index in [1.165, 1.54) is 9.25 Å². The molecule has 0 fully saturated rings. The van der Waals surface area contributed by atoms with Gasteiger partial charge in [-0.1, -0.05) is 0 Å². The van der Waals surface area contributed by atoms with Crippen LogP contribution in [0, 0.1) is 31.4 Å². The van der Waals surface area contributed by atoms with Gasteiger partial charge in [-0.25, -0.2) is 19.4 Å². The van der Waals surface area contributed by atoms with E-state index in [1.54, 1.807) is 24.5 Å². The van der Waals surface area contributed by atoms with Gasteiger partial charge in [-0.3, -0.25) is 10.4 Å². The number of pyridine rings is 1. The Morgan fingerprint density at radius 2 is 1.87 bits per heavy atom. The van der Waals surface area contributed by atoms with Crippen molar-refractivity contribution in [2.45, 2.75) is 40.0 Å². The lowest BCUT2D eigenvalue weighted by Gasteiger charge is -2.36. The standard InChI is InChI=1S/C19H21F3N8O/c1-11-8-24-29(9-11)16-15(14-6-12(2)25-13(3)7-14)17-27-30(31,5-4-19(20,21)22)10-28(17)18(23)26-16/h6-9,23,27H,4-5,10H2,1-3H3. The van der Waals surface area contributed by atoms with Gasteiger partial charge in [-0.15, -0.1) is 0 Å². The third-order valence-corrected chi connectivity index (χ3v) is 4.93. The molecule has 1 unspecified atom stereocenters. The number of nitrogens with zero attached hydrogens (tertiary/aromatic N) is 6. The first-order valence-electron chi connectivity index (χ1n) is 9.54. The van der Waals surface area contributed by atoms with E-state index in [0.717, 1.165) is 17.0 Å². The highest BCUT2D eigenvalue weighted by molar-refractivity contribution is 5.81. The largest absolute Gasteiger partial charge is 0.605 e. The molecule has 1 aliphatic rings. The zero-order valence-corrected chi connectivity index (χ0v) is 17.2. The number of anilines is 1. The Morgan fingerprint density at radius 3 is 2.45 bits per heavy atom. The van der Waals surface area contributed by atoms with Crippen molar-refractivity contribution < 1.29 is 17.9 Å². The third-order valence-electron chi connectivity index (χ3n) is 4.93. The van der Waals surface area contributed by atoms with Crippen molar-refractivity contribution >= 4 is 5.82 Å². The molecule has 9 nitrogen and oxygen atoms in total. The first-order chi connectivity index (χ1) is 14.4. The fourth-order valence-electron chi connectivity index (χ4n) is 3.65. The van der Waals surface area contributed by atoms with E-state index >= 15 is 0 Å². The molecule has 0 aliphatic carbocycles. The predicted octanol–water partition coefficient (Wildman–Crippen LogP) is 3.10. The SMILES string of the molecule is Cc1cnn(-c2nc(=N)n3c(c2-c2cc(C)nc(C)c2)N[N+]([O-])(CCC(F)(F)F)C3)c1. The fourth-order valence-corrected chi connectivity index (χ4v) is 3.65. The molecule has 0 radical (unpaired) electrons. The number of hydroxylamine groups is 2. The number of halogens is 3. The van der Waals surface area contributed by atoms with Crippen molar-refractivity contribution in [1.82, 2.24) is 24.3 Å². The van der Waals surface area contributed by atoms with Crippen molar-refractivity contribution in [1.29, 1.82) is 5.41 Å². The van der Waals surface area contributed by atoms with Gasteiger partial charge in [-0.2, -0.15) is 23.3 Å². The highest BCUT2D eigenvalue weighted by Crippen LogP contribution is 2.37. The zero-order valence-electron chi connectivity index (χ0n) is 17.2. The highest BCUT2D eigenvalue weighted by Gasteiger charge is 2.37. The van der Waals surface area contributed by atoms with Crippen LogP contribution in [0.5, 0.6) is 0 Å². The van der Waals surface area contributed by atoms with Crippen LogP contribution in [0.1, 0.15) is 23.4 Å². The van der Waals surface area contributed by atoms with Gasteiger partial charge < -0.3 is 5.21 Å². The number of aromatic nitrogens is 5. The molecule has 3 aromatic rings. The molecule has 0 spiro atoms. The molecule has 1 aliphatic heterocycles. The molecular formula is C19H21F3N8O. The molecule has 0 amide bonds. The Kier molecular flexibility index (Phi) is 4.85. The summed E-state index contributed by atoms with van der Waals surface area (Å²) in [6, 6.07) is 3.59. The molecule has 0 bridgehead atoms. The Morgan fingerprint density at radius 1 is 1.19 bits per heavy atom. The van der Waals surface area contributed by atoms with Gasteiger partial charge in [0.1, 0.15) is 6.54 Å². The molecule has 2 N–H and O–H groups in total. The molecular weight excluding hydrogens is 413 g/mol. The van der Waals surface area contributed by atoms with E-state index in [9.17, 15) is 18.4 Å².